The maximum Gasteiger partial charge on any atom is 0.335 e. The van der Waals surface area contributed by atoms with Gasteiger partial charge < -0.3 is 14.9 Å². The first kappa shape index (κ1) is 14.5. The summed E-state index contributed by atoms with van der Waals surface area (Å²) in [6.07, 6.45) is 6.16. The van der Waals surface area contributed by atoms with Crippen molar-refractivity contribution < 1.29 is 19.7 Å². The highest BCUT2D eigenvalue weighted by molar-refractivity contribution is 5.76. The van der Waals surface area contributed by atoms with Crippen LogP contribution in [-0.4, -0.2) is 34.5 Å². The molecule has 0 amide bonds. The van der Waals surface area contributed by atoms with E-state index in [1.807, 2.05) is 6.92 Å². The highest BCUT2D eigenvalue weighted by atomic mass is 16.6. The van der Waals surface area contributed by atoms with Crippen LogP contribution in [0, 0.1) is 0 Å². The third-order valence-electron chi connectivity index (χ3n) is 3.33. The number of unbranched alkanes of at least 4 members (excludes halogenated alkanes) is 3. The van der Waals surface area contributed by atoms with E-state index in [0.717, 1.165) is 44.9 Å². The van der Waals surface area contributed by atoms with Gasteiger partial charge in [-0.2, -0.15) is 0 Å². The van der Waals surface area contributed by atoms with Crippen molar-refractivity contribution in [3.63, 3.8) is 0 Å². The van der Waals surface area contributed by atoms with E-state index in [9.17, 15) is 15.0 Å². The summed E-state index contributed by atoms with van der Waals surface area (Å²) in [4.78, 5) is 10.9. The van der Waals surface area contributed by atoms with Crippen LogP contribution in [0.1, 0.15) is 58.3 Å². The second-order valence-corrected chi connectivity index (χ2v) is 4.86. The Morgan fingerprint density at radius 1 is 1.35 bits per heavy atom. The van der Waals surface area contributed by atoms with Gasteiger partial charge in [0.05, 0.1) is 6.10 Å². The fourth-order valence-electron chi connectivity index (χ4n) is 2.12. The van der Waals surface area contributed by atoms with E-state index in [1.54, 1.807) is 0 Å². The molecular weight excluding hydrogens is 220 g/mol. The van der Waals surface area contributed by atoms with Crippen LogP contribution >= 0.6 is 0 Å². The molecule has 3 unspecified atom stereocenters. The third kappa shape index (κ3) is 5.50. The fourth-order valence-corrected chi connectivity index (χ4v) is 2.12. The van der Waals surface area contributed by atoms with Crippen LogP contribution in [0.25, 0.3) is 0 Å². The number of hydrogen-bond donors (Lipinski definition) is 2. The molecule has 1 heterocycles. The Morgan fingerprint density at radius 2 is 2.06 bits per heavy atom. The van der Waals surface area contributed by atoms with Crippen LogP contribution in [0.15, 0.2) is 0 Å². The molecule has 100 valence electrons. The predicted molar refractivity (Wildman–Crippen MR) is 64.5 cm³/mol. The molecule has 1 rings (SSSR count). The van der Waals surface area contributed by atoms with Crippen molar-refractivity contribution in [2.45, 2.75) is 76.6 Å². The predicted octanol–water partition coefficient (Wildman–Crippen LogP) is 1.77. The Hall–Kier alpha value is -0.610. The molecule has 0 aromatic carbocycles. The number of cyclic esters (lactones) is 1. The average molecular weight is 244 g/mol. The van der Waals surface area contributed by atoms with Gasteiger partial charge in [-0.25, -0.2) is 4.79 Å². The molecule has 0 aromatic heterocycles. The molecule has 17 heavy (non-hydrogen) atoms. The molecule has 2 N–H and O–H groups in total. The van der Waals surface area contributed by atoms with Crippen LogP contribution in [0.5, 0.6) is 0 Å². The van der Waals surface area contributed by atoms with Crippen LogP contribution < -0.4 is 0 Å². The monoisotopic (exact) mass is 244 g/mol. The van der Waals surface area contributed by atoms with Gasteiger partial charge in [-0.3, -0.25) is 0 Å². The molecule has 0 saturated carbocycles. The molecule has 4 heteroatoms. The van der Waals surface area contributed by atoms with Crippen LogP contribution in [0.4, 0.5) is 0 Å². The van der Waals surface area contributed by atoms with E-state index in [0.29, 0.717) is 6.42 Å². The van der Waals surface area contributed by atoms with E-state index in [2.05, 4.69) is 0 Å². The second-order valence-electron chi connectivity index (χ2n) is 4.86. The highest BCUT2D eigenvalue weighted by Gasteiger charge is 2.31. The summed E-state index contributed by atoms with van der Waals surface area (Å²) < 4.78 is 5.01. The first-order chi connectivity index (χ1) is 8.13. The first-order valence-electron chi connectivity index (χ1n) is 6.70. The zero-order chi connectivity index (χ0) is 12.7. The van der Waals surface area contributed by atoms with E-state index in [1.165, 1.54) is 0 Å². The number of esters is 1. The molecule has 0 spiro atoms. The number of hydrogen-bond acceptors (Lipinski definition) is 4. The second kappa shape index (κ2) is 7.67. The molecule has 1 fully saturated rings. The maximum absolute atomic E-state index is 10.9. The van der Waals surface area contributed by atoms with Gasteiger partial charge in [0.1, 0.15) is 6.10 Å². The SMILES string of the molecule is CCC(O)CCCCCCC1CC(O)C(=O)O1. The lowest BCUT2D eigenvalue weighted by Gasteiger charge is -2.09. The van der Waals surface area contributed by atoms with Crippen LogP contribution in [-0.2, 0) is 9.53 Å². The molecule has 0 bridgehead atoms. The molecule has 0 radical (unpaired) electrons. The number of ether oxygens (including phenoxy) is 1. The first-order valence-corrected chi connectivity index (χ1v) is 6.70. The molecule has 0 aromatic rings. The Bertz CT molecular complexity index is 229. The smallest absolute Gasteiger partial charge is 0.335 e. The minimum atomic E-state index is -0.903. The quantitative estimate of drug-likeness (QED) is 0.504. The molecule has 1 aliphatic heterocycles. The van der Waals surface area contributed by atoms with E-state index >= 15 is 0 Å². The summed E-state index contributed by atoms with van der Waals surface area (Å²) in [5.41, 5.74) is 0. The lowest BCUT2D eigenvalue weighted by Crippen LogP contribution is -2.11. The normalized spacial score (nSPS) is 25.9. The standard InChI is InChI=1S/C13H24O4/c1-2-10(14)7-5-3-4-6-8-11-9-12(15)13(16)17-11/h10-12,14-15H,2-9H2,1H3. The van der Waals surface area contributed by atoms with Crippen molar-refractivity contribution in [2.75, 3.05) is 0 Å². The maximum atomic E-state index is 10.9. The molecule has 4 nitrogen and oxygen atoms in total. The summed E-state index contributed by atoms with van der Waals surface area (Å²) in [6.45, 7) is 1.99. The number of carbonyl (C=O) groups is 1. The van der Waals surface area contributed by atoms with Gasteiger partial charge in [-0.1, -0.05) is 26.2 Å². The van der Waals surface area contributed by atoms with Gasteiger partial charge in [0.25, 0.3) is 0 Å². The van der Waals surface area contributed by atoms with Crippen molar-refractivity contribution in [2.24, 2.45) is 0 Å². The van der Waals surface area contributed by atoms with E-state index in [4.69, 9.17) is 4.74 Å². The minimum absolute atomic E-state index is 0.0845. The van der Waals surface area contributed by atoms with Gasteiger partial charge in [-0.05, 0) is 25.7 Å². The van der Waals surface area contributed by atoms with Gasteiger partial charge in [0, 0.05) is 6.42 Å². The summed E-state index contributed by atoms with van der Waals surface area (Å²) in [5, 5.41) is 18.6. The van der Waals surface area contributed by atoms with Gasteiger partial charge in [-0.15, -0.1) is 0 Å². The minimum Gasteiger partial charge on any atom is -0.460 e. The van der Waals surface area contributed by atoms with Gasteiger partial charge in [0.2, 0.25) is 0 Å². The lowest BCUT2D eigenvalue weighted by atomic mass is 10.0. The topological polar surface area (TPSA) is 66.8 Å². The number of carbonyl (C=O) groups excluding carboxylic acids is 1. The molecule has 3 atom stereocenters. The molecule has 1 saturated heterocycles. The summed E-state index contributed by atoms with van der Waals surface area (Å²) >= 11 is 0. The largest absolute Gasteiger partial charge is 0.460 e. The molecule has 1 aliphatic rings. The molecule has 0 aliphatic carbocycles. The third-order valence-corrected chi connectivity index (χ3v) is 3.33. The van der Waals surface area contributed by atoms with E-state index in [-0.39, 0.29) is 12.2 Å². The number of aliphatic hydroxyl groups excluding tert-OH is 2. The highest BCUT2D eigenvalue weighted by Crippen LogP contribution is 2.20. The van der Waals surface area contributed by atoms with Crippen LogP contribution in [0.3, 0.4) is 0 Å². The Labute approximate surface area is 103 Å². The van der Waals surface area contributed by atoms with Crippen molar-refractivity contribution in [3.8, 4) is 0 Å². The number of aliphatic hydroxyl groups is 2. The van der Waals surface area contributed by atoms with Crippen molar-refractivity contribution in [1.82, 2.24) is 0 Å². The van der Waals surface area contributed by atoms with Crippen molar-refractivity contribution >= 4 is 5.97 Å². The Kier molecular flexibility index (Phi) is 6.52. The zero-order valence-corrected chi connectivity index (χ0v) is 10.6. The summed E-state index contributed by atoms with van der Waals surface area (Å²) in [5.74, 6) is -0.471. The van der Waals surface area contributed by atoms with Crippen LogP contribution in [0.2, 0.25) is 0 Å². The Balaban J connectivity index is 1.93. The van der Waals surface area contributed by atoms with Gasteiger partial charge in [0.15, 0.2) is 6.10 Å². The van der Waals surface area contributed by atoms with Crippen molar-refractivity contribution in [3.05, 3.63) is 0 Å². The van der Waals surface area contributed by atoms with Gasteiger partial charge >= 0.3 is 5.97 Å². The molecular formula is C13H24O4. The zero-order valence-electron chi connectivity index (χ0n) is 10.6. The summed E-state index contributed by atoms with van der Waals surface area (Å²) in [6, 6.07) is 0. The fraction of sp³-hybridized carbons (Fsp3) is 0.923. The lowest BCUT2D eigenvalue weighted by molar-refractivity contribution is -0.147. The summed E-state index contributed by atoms with van der Waals surface area (Å²) in [7, 11) is 0. The Morgan fingerprint density at radius 3 is 2.65 bits per heavy atom. The average Bonchev–Trinajstić information content (AvgIpc) is 2.62. The van der Waals surface area contributed by atoms with E-state index < -0.39 is 12.1 Å². The van der Waals surface area contributed by atoms with Crippen molar-refractivity contribution in [1.29, 1.82) is 0 Å². The number of rotatable bonds is 8.